The van der Waals surface area contributed by atoms with Gasteiger partial charge >= 0.3 is 0 Å². The van der Waals surface area contributed by atoms with Crippen LogP contribution in [0.4, 0.5) is 0 Å². The summed E-state index contributed by atoms with van der Waals surface area (Å²) in [5.74, 6) is 1.97. The van der Waals surface area contributed by atoms with Gasteiger partial charge in [-0.25, -0.2) is 0 Å². The highest BCUT2D eigenvalue weighted by Gasteiger charge is 2.15. The van der Waals surface area contributed by atoms with Gasteiger partial charge in [0.1, 0.15) is 5.75 Å². The lowest BCUT2D eigenvalue weighted by molar-refractivity contribution is 0.415. The Morgan fingerprint density at radius 1 is 1.26 bits per heavy atom. The van der Waals surface area contributed by atoms with Crippen molar-refractivity contribution in [2.75, 3.05) is 14.2 Å². The number of methoxy groups -OCH3 is 1. The van der Waals surface area contributed by atoms with Gasteiger partial charge in [0.25, 0.3) is 5.89 Å². The molecule has 0 bridgehead atoms. The molecule has 23 heavy (non-hydrogen) atoms. The highest BCUT2D eigenvalue weighted by atomic mass is 16.5. The van der Waals surface area contributed by atoms with Crippen molar-refractivity contribution in [3.05, 3.63) is 35.8 Å². The molecule has 1 atom stereocenters. The second-order valence-electron chi connectivity index (χ2n) is 5.60. The van der Waals surface area contributed by atoms with E-state index in [1.807, 2.05) is 38.2 Å². The van der Waals surface area contributed by atoms with Crippen LogP contribution in [0.2, 0.25) is 0 Å². The fourth-order valence-electron chi connectivity index (χ4n) is 2.46. The number of benzene rings is 1. The van der Waals surface area contributed by atoms with E-state index in [0.29, 0.717) is 18.1 Å². The van der Waals surface area contributed by atoms with Crippen molar-refractivity contribution in [2.45, 2.75) is 26.3 Å². The van der Waals surface area contributed by atoms with Gasteiger partial charge in [0, 0.05) is 23.5 Å². The van der Waals surface area contributed by atoms with Crippen LogP contribution >= 0.6 is 0 Å². The molecule has 6 heteroatoms. The van der Waals surface area contributed by atoms with E-state index < -0.39 is 0 Å². The third kappa shape index (κ3) is 3.17. The summed E-state index contributed by atoms with van der Waals surface area (Å²) in [5.41, 5.74) is 2.66. The molecule has 1 N–H and O–H groups in total. The zero-order valence-corrected chi connectivity index (χ0v) is 13.8. The van der Waals surface area contributed by atoms with Crippen molar-refractivity contribution >= 4 is 10.9 Å². The summed E-state index contributed by atoms with van der Waals surface area (Å²) in [6, 6.07) is 8.02. The van der Waals surface area contributed by atoms with Gasteiger partial charge in [0.15, 0.2) is 5.82 Å². The molecular formula is C17H20N4O2. The van der Waals surface area contributed by atoms with Crippen LogP contribution in [0.5, 0.6) is 5.75 Å². The number of likely N-dealkylation sites (N-methyl/N-ethyl adjacent to an activating group) is 1. The van der Waals surface area contributed by atoms with Crippen molar-refractivity contribution in [3.8, 4) is 17.2 Å². The number of pyridine rings is 1. The van der Waals surface area contributed by atoms with E-state index >= 15 is 0 Å². The van der Waals surface area contributed by atoms with Crippen molar-refractivity contribution in [3.63, 3.8) is 0 Å². The molecule has 2 heterocycles. The topological polar surface area (TPSA) is 73.1 Å². The predicted octanol–water partition coefficient (Wildman–Crippen LogP) is 2.75. The van der Waals surface area contributed by atoms with Crippen molar-refractivity contribution in [1.82, 2.24) is 20.4 Å². The van der Waals surface area contributed by atoms with E-state index in [2.05, 4.69) is 27.4 Å². The third-order valence-corrected chi connectivity index (χ3v) is 3.82. The molecule has 2 aromatic heterocycles. The maximum Gasteiger partial charge on any atom is 0.258 e. The zero-order chi connectivity index (χ0) is 16.4. The molecule has 6 nitrogen and oxygen atoms in total. The Kier molecular flexibility index (Phi) is 4.25. The van der Waals surface area contributed by atoms with Crippen LogP contribution in [0.3, 0.4) is 0 Å². The van der Waals surface area contributed by atoms with Crippen molar-refractivity contribution in [2.24, 2.45) is 0 Å². The number of nitrogens with one attached hydrogen (secondary N) is 1. The molecule has 0 fully saturated rings. The molecule has 0 amide bonds. The summed E-state index contributed by atoms with van der Waals surface area (Å²) in [7, 11) is 3.56. The monoisotopic (exact) mass is 312 g/mol. The number of rotatable bonds is 5. The Morgan fingerprint density at radius 2 is 2.09 bits per heavy atom. The third-order valence-electron chi connectivity index (χ3n) is 3.82. The van der Waals surface area contributed by atoms with Crippen LogP contribution in [0.1, 0.15) is 18.4 Å². The highest BCUT2D eigenvalue weighted by molar-refractivity contribution is 5.93. The number of ether oxygens (including phenoxy) is 1. The van der Waals surface area contributed by atoms with Crippen molar-refractivity contribution in [1.29, 1.82) is 0 Å². The SMILES string of the molecule is CNC(C)Cc1noc(-c2cc(C)nc3ccc(OC)cc23)n1. The Hall–Kier alpha value is -2.47. The number of aromatic nitrogens is 3. The van der Waals surface area contributed by atoms with Gasteiger partial charge in [0.2, 0.25) is 0 Å². The van der Waals surface area contributed by atoms with E-state index in [9.17, 15) is 0 Å². The van der Waals surface area contributed by atoms with Crippen molar-refractivity contribution < 1.29 is 9.26 Å². The Balaban J connectivity index is 2.08. The van der Waals surface area contributed by atoms with Gasteiger partial charge in [-0.05, 0) is 45.2 Å². The summed E-state index contributed by atoms with van der Waals surface area (Å²) in [6.45, 7) is 4.03. The fraction of sp³-hybridized carbons (Fsp3) is 0.353. The summed E-state index contributed by atoms with van der Waals surface area (Å²) >= 11 is 0. The van der Waals surface area contributed by atoms with Gasteiger partial charge in [-0.15, -0.1) is 0 Å². The summed E-state index contributed by atoms with van der Waals surface area (Å²) < 4.78 is 10.8. The normalized spacial score (nSPS) is 12.5. The fourth-order valence-corrected chi connectivity index (χ4v) is 2.46. The second kappa shape index (κ2) is 6.34. The van der Waals surface area contributed by atoms with Crippen LogP contribution < -0.4 is 10.1 Å². The lowest BCUT2D eigenvalue weighted by Crippen LogP contribution is -2.24. The summed E-state index contributed by atoms with van der Waals surface area (Å²) in [5, 5.41) is 8.19. The molecule has 120 valence electrons. The predicted molar refractivity (Wildman–Crippen MR) is 88.5 cm³/mol. The average molecular weight is 312 g/mol. The van der Waals surface area contributed by atoms with Crippen LogP contribution in [-0.2, 0) is 6.42 Å². The standard InChI is InChI=1S/C17H20N4O2/c1-10(18-3)8-16-20-17(23-21-16)14-7-11(2)19-15-6-5-12(22-4)9-13(14)15/h5-7,9-10,18H,8H2,1-4H3. The van der Waals surface area contributed by atoms with E-state index in [0.717, 1.165) is 27.9 Å². The minimum absolute atomic E-state index is 0.288. The Morgan fingerprint density at radius 3 is 2.83 bits per heavy atom. The molecule has 0 saturated heterocycles. The Labute approximate surface area is 134 Å². The number of nitrogens with zero attached hydrogens (tertiary/aromatic N) is 3. The minimum Gasteiger partial charge on any atom is -0.497 e. The number of hydrogen-bond acceptors (Lipinski definition) is 6. The number of fused-ring (bicyclic) bond motifs is 1. The first-order valence-electron chi connectivity index (χ1n) is 7.56. The van der Waals surface area contributed by atoms with Gasteiger partial charge < -0.3 is 14.6 Å². The largest absolute Gasteiger partial charge is 0.497 e. The number of aryl methyl sites for hydroxylation is 1. The van der Waals surface area contributed by atoms with Gasteiger partial charge in [0.05, 0.1) is 18.2 Å². The molecule has 0 aliphatic rings. The van der Waals surface area contributed by atoms with Crippen LogP contribution in [0, 0.1) is 6.92 Å². The quantitative estimate of drug-likeness (QED) is 0.781. The van der Waals surface area contributed by atoms with Gasteiger partial charge in [-0.3, -0.25) is 4.98 Å². The molecule has 1 aromatic carbocycles. The lowest BCUT2D eigenvalue weighted by Gasteiger charge is -2.07. The summed E-state index contributed by atoms with van der Waals surface area (Å²) in [4.78, 5) is 9.08. The molecule has 0 aliphatic carbocycles. The van der Waals surface area contributed by atoms with Crippen LogP contribution in [-0.4, -0.2) is 35.3 Å². The first-order valence-corrected chi connectivity index (χ1v) is 7.56. The van der Waals surface area contributed by atoms with E-state index in [1.54, 1.807) is 7.11 Å². The molecular weight excluding hydrogens is 292 g/mol. The molecule has 3 rings (SSSR count). The van der Waals surface area contributed by atoms with Crippen LogP contribution in [0.25, 0.3) is 22.4 Å². The first kappa shape index (κ1) is 15.4. The second-order valence-corrected chi connectivity index (χ2v) is 5.60. The molecule has 0 radical (unpaired) electrons. The van der Waals surface area contributed by atoms with Gasteiger partial charge in [-0.1, -0.05) is 5.16 Å². The Bertz CT molecular complexity index is 829. The molecule has 0 spiro atoms. The number of hydrogen-bond donors (Lipinski definition) is 1. The van der Waals surface area contributed by atoms with E-state index in [1.165, 1.54) is 0 Å². The maximum atomic E-state index is 5.48. The average Bonchev–Trinajstić information content (AvgIpc) is 3.01. The first-order chi connectivity index (χ1) is 11.1. The highest BCUT2D eigenvalue weighted by Crippen LogP contribution is 2.30. The van der Waals surface area contributed by atoms with Gasteiger partial charge in [-0.2, -0.15) is 4.98 Å². The summed E-state index contributed by atoms with van der Waals surface area (Å²) in [6.07, 6.45) is 0.714. The maximum absolute atomic E-state index is 5.48. The molecule has 0 aliphatic heterocycles. The smallest absolute Gasteiger partial charge is 0.258 e. The van der Waals surface area contributed by atoms with E-state index in [4.69, 9.17) is 9.26 Å². The van der Waals surface area contributed by atoms with E-state index in [-0.39, 0.29) is 6.04 Å². The molecule has 3 aromatic rings. The zero-order valence-electron chi connectivity index (χ0n) is 13.8. The molecule has 0 saturated carbocycles. The minimum atomic E-state index is 0.288. The van der Waals surface area contributed by atoms with Crippen LogP contribution in [0.15, 0.2) is 28.8 Å². The molecule has 1 unspecified atom stereocenters. The lowest BCUT2D eigenvalue weighted by atomic mass is 10.1.